The molecule has 3 N–H and O–H groups in total. The second-order valence-corrected chi connectivity index (χ2v) is 4.08. The van der Waals surface area contributed by atoms with E-state index in [2.05, 4.69) is 12.2 Å². The molecule has 0 aliphatic carbocycles. The molecular weight excluding hydrogens is 218 g/mol. The molecule has 0 aromatic heterocycles. The molecule has 0 radical (unpaired) electrons. The van der Waals surface area contributed by atoms with Crippen molar-refractivity contribution < 1.29 is 9.59 Å². The van der Waals surface area contributed by atoms with Gasteiger partial charge in [-0.15, -0.1) is 0 Å². The number of carbonyl (C=O) groups excluding carboxylic acids is 2. The van der Waals surface area contributed by atoms with Crippen LogP contribution in [0.25, 0.3) is 0 Å². The minimum absolute atomic E-state index is 0.127. The fourth-order valence-electron chi connectivity index (χ4n) is 1.49. The van der Waals surface area contributed by atoms with Crippen molar-refractivity contribution in [1.29, 1.82) is 5.26 Å². The molecule has 0 aliphatic rings. The summed E-state index contributed by atoms with van der Waals surface area (Å²) in [6, 6.07) is 1.05. The molecule has 96 valence electrons. The number of nitriles is 1. The van der Waals surface area contributed by atoms with Gasteiger partial charge in [0.05, 0.1) is 12.5 Å². The number of hydrogen-bond donors (Lipinski definition) is 2. The Kier molecular flexibility index (Phi) is 8.75. The normalized spacial score (nSPS) is 11.5. The lowest BCUT2D eigenvalue weighted by Crippen LogP contribution is -2.36. The summed E-state index contributed by atoms with van der Waals surface area (Å²) in [5, 5.41) is 11.2. The van der Waals surface area contributed by atoms with Crippen LogP contribution in [0.15, 0.2) is 0 Å². The number of amides is 2. The molecule has 0 heterocycles. The van der Waals surface area contributed by atoms with Crippen LogP contribution < -0.4 is 11.1 Å². The number of rotatable bonds is 9. The van der Waals surface area contributed by atoms with E-state index in [1.807, 2.05) is 6.07 Å². The molecule has 2 amide bonds. The van der Waals surface area contributed by atoms with E-state index in [0.29, 0.717) is 6.42 Å². The minimum atomic E-state index is -0.796. The third kappa shape index (κ3) is 9.36. The van der Waals surface area contributed by atoms with Crippen molar-refractivity contribution >= 4 is 11.8 Å². The molecule has 5 nitrogen and oxygen atoms in total. The SMILES string of the molecule is CCCCCCCC(=O)N[C@@H](C#N)CC(N)=O. The van der Waals surface area contributed by atoms with Gasteiger partial charge in [0.25, 0.3) is 0 Å². The first kappa shape index (κ1) is 15.4. The zero-order chi connectivity index (χ0) is 13.1. The smallest absolute Gasteiger partial charge is 0.221 e. The standard InChI is InChI=1S/C12H21N3O2/c1-2-3-4-5-6-7-12(17)15-10(9-13)8-11(14)16/h10H,2-8H2,1H3,(H2,14,16)(H,15,17)/t10-/m1/s1. The molecule has 0 saturated carbocycles. The number of primary amides is 1. The zero-order valence-corrected chi connectivity index (χ0v) is 10.4. The summed E-state index contributed by atoms with van der Waals surface area (Å²) in [5.41, 5.74) is 4.96. The summed E-state index contributed by atoms with van der Waals surface area (Å²) in [5.74, 6) is -0.769. The van der Waals surface area contributed by atoms with E-state index >= 15 is 0 Å². The Bertz CT molecular complexity index is 284. The number of nitrogens with one attached hydrogen (secondary N) is 1. The van der Waals surface area contributed by atoms with Gasteiger partial charge in [0, 0.05) is 6.42 Å². The third-order valence-corrected chi connectivity index (χ3v) is 2.40. The van der Waals surface area contributed by atoms with Crippen LogP contribution in [-0.4, -0.2) is 17.9 Å². The molecule has 0 aromatic carbocycles. The van der Waals surface area contributed by atoms with E-state index in [1.165, 1.54) is 12.8 Å². The van der Waals surface area contributed by atoms with Gasteiger partial charge in [0.15, 0.2) is 0 Å². The lowest BCUT2D eigenvalue weighted by atomic mass is 10.1. The van der Waals surface area contributed by atoms with E-state index in [4.69, 9.17) is 11.0 Å². The number of hydrogen-bond acceptors (Lipinski definition) is 3. The van der Waals surface area contributed by atoms with Crippen LogP contribution in [0.3, 0.4) is 0 Å². The molecule has 0 aromatic rings. The van der Waals surface area contributed by atoms with Crippen LogP contribution in [0, 0.1) is 11.3 Å². The second-order valence-electron chi connectivity index (χ2n) is 4.08. The van der Waals surface area contributed by atoms with Gasteiger partial charge in [-0.1, -0.05) is 32.6 Å². The molecule has 0 aliphatic heterocycles. The molecule has 5 heteroatoms. The van der Waals surface area contributed by atoms with Gasteiger partial charge in [0.2, 0.25) is 11.8 Å². The second kappa shape index (κ2) is 9.64. The first-order valence-electron chi connectivity index (χ1n) is 6.07. The monoisotopic (exact) mass is 239 g/mol. The highest BCUT2D eigenvalue weighted by atomic mass is 16.2. The van der Waals surface area contributed by atoms with Gasteiger partial charge >= 0.3 is 0 Å². The molecule has 0 fully saturated rings. The van der Waals surface area contributed by atoms with Crippen LogP contribution in [0.5, 0.6) is 0 Å². The lowest BCUT2D eigenvalue weighted by molar-refractivity contribution is -0.122. The third-order valence-electron chi connectivity index (χ3n) is 2.40. The Morgan fingerprint density at radius 2 is 1.94 bits per heavy atom. The maximum atomic E-state index is 11.4. The van der Waals surface area contributed by atoms with Crippen molar-refractivity contribution in [2.75, 3.05) is 0 Å². The summed E-state index contributed by atoms with van der Waals surface area (Å²) in [6.07, 6.45) is 5.60. The van der Waals surface area contributed by atoms with Crippen molar-refractivity contribution in [3.8, 4) is 6.07 Å². The largest absolute Gasteiger partial charge is 0.370 e. The maximum Gasteiger partial charge on any atom is 0.221 e. The Labute approximate surface area is 102 Å². The average molecular weight is 239 g/mol. The summed E-state index contributed by atoms with van der Waals surface area (Å²) >= 11 is 0. The van der Waals surface area contributed by atoms with E-state index in [1.54, 1.807) is 0 Å². The fraction of sp³-hybridized carbons (Fsp3) is 0.750. The van der Waals surface area contributed by atoms with E-state index < -0.39 is 11.9 Å². The Hall–Kier alpha value is -1.57. The highest BCUT2D eigenvalue weighted by Crippen LogP contribution is 2.05. The van der Waals surface area contributed by atoms with Gasteiger partial charge in [-0.25, -0.2) is 0 Å². The highest BCUT2D eigenvalue weighted by molar-refractivity contribution is 5.79. The van der Waals surface area contributed by atoms with E-state index in [9.17, 15) is 9.59 Å². The summed E-state index contributed by atoms with van der Waals surface area (Å²) < 4.78 is 0. The van der Waals surface area contributed by atoms with Gasteiger partial charge in [-0.2, -0.15) is 5.26 Å². The molecule has 0 spiro atoms. The van der Waals surface area contributed by atoms with Crippen LogP contribution >= 0.6 is 0 Å². The average Bonchev–Trinajstić information content (AvgIpc) is 2.27. The zero-order valence-electron chi connectivity index (χ0n) is 10.4. The maximum absolute atomic E-state index is 11.4. The van der Waals surface area contributed by atoms with Crippen LogP contribution in [0.2, 0.25) is 0 Å². The van der Waals surface area contributed by atoms with Gasteiger partial charge < -0.3 is 11.1 Å². The first-order chi connectivity index (χ1) is 8.10. The fourth-order valence-corrected chi connectivity index (χ4v) is 1.49. The number of nitrogens with two attached hydrogens (primary N) is 1. The molecule has 0 bridgehead atoms. The van der Waals surface area contributed by atoms with Crippen molar-refractivity contribution in [3.63, 3.8) is 0 Å². The lowest BCUT2D eigenvalue weighted by Gasteiger charge is -2.09. The Morgan fingerprint density at radius 1 is 1.29 bits per heavy atom. The molecule has 1 atom stereocenters. The predicted molar refractivity (Wildman–Crippen MR) is 64.7 cm³/mol. The molecule has 0 saturated heterocycles. The van der Waals surface area contributed by atoms with E-state index in [-0.39, 0.29) is 12.3 Å². The first-order valence-corrected chi connectivity index (χ1v) is 6.07. The molecule has 0 unspecified atom stereocenters. The van der Waals surface area contributed by atoms with Crippen molar-refractivity contribution in [2.45, 2.75) is 57.9 Å². The van der Waals surface area contributed by atoms with Crippen LogP contribution in [-0.2, 0) is 9.59 Å². The van der Waals surface area contributed by atoms with Crippen molar-refractivity contribution in [3.05, 3.63) is 0 Å². The highest BCUT2D eigenvalue weighted by Gasteiger charge is 2.13. The number of carbonyl (C=O) groups is 2. The van der Waals surface area contributed by atoms with E-state index in [0.717, 1.165) is 19.3 Å². The topological polar surface area (TPSA) is 96.0 Å². The number of nitrogens with zero attached hydrogens (tertiary/aromatic N) is 1. The quantitative estimate of drug-likeness (QED) is 0.592. The molecule has 17 heavy (non-hydrogen) atoms. The van der Waals surface area contributed by atoms with Gasteiger partial charge in [-0.05, 0) is 6.42 Å². The minimum Gasteiger partial charge on any atom is -0.370 e. The summed E-state index contributed by atoms with van der Waals surface area (Å²) in [7, 11) is 0. The summed E-state index contributed by atoms with van der Waals surface area (Å²) in [6.45, 7) is 2.13. The van der Waals surface area contributed by atoms with Gasteiger partial charge in [-0.3, -0.25) is 9.59 Å². The number of unbranched alkanes of at least 4 members (excludes halogenated alkanes) is 4. The van der Waals surface area contributed by atoms with Crippen molar-refractivity contribution in [2.24, 2.45) is 5.73 Å². The summed E-state index contributed by atoms with van der Waals surface area (Å²) in [4.78, 5) is 22.0. The Balaban J connectivity index is 3.69. The molecular formula is C12H21N3O2. The van der Waals surface area contributed by atoms with Gasteiger partial charge in [0.1, 0.15) is 6.04 Å². The predicted octanol–water partition coefficient (Wildman–Crippen LogP) is 1.23. The van der Waals surface area contributed by atoms with Crippen molar-refractivity contribution in [1.82, 2.24) is 5.32 Å². The molecule has 0 rings (SSSR count). The van der Waals surface area contributed by atoms with Crippen LogP contribution in [0.1, 0.15) is 51.9 Å². The Morgan fingerprint density at radius 3 is 2.47 bits per heavy atom. The van der Waals surface area contributed by atoms with Crippen LogP contribution in [0.4, 0.5) is 0 Å².